The molecule has 0 saturated heterocycles. The van der Waals surface area contributed by atoms with Crippen LogP contribution in [0.15, 0.2) is 71.9 Å². The lowest BCUT2D eigenvalue weighted by Gasteiger charge is -2.12. The zero-order valence-corrected chi connectivity index (χ0v) is 15.7. The molecule has 0 atom stereocenters. The van der Waals surface area contributed by atoms with Gasteiger partial charge in [0.05, 0.1) is 23.1 Å². The maximum Gasteiger partial charge on any atom is 0.262 e. The predicted molar refractivity (Wildman–Crippen MR) is 108 cm³/mol. The lowest BCUT2D eigenvalue weighted by Crippen LogP contribution is -2.22. The van der Waals surface area contributed by atoms with E-state index in [9.17, 15) is 9.18 Å². The molecular formula is C21H13ClFN5O. The number of rotatable bonds is 3. The molecule has 0 radical (unpaired) electrons. The highest BCUT2D eigenvalue weighted by Crippen LogP contribution is 2.31. The molecule has 3 aromatic heterocycles. The maximum absolute atomic E-state index is 14.1. The van der Waals surface area contributed by atoms with Crippen LogP contribution in [-0.4, -0.2) is 24.1 Å². The van der Waals surface area contributed by atoms with Crippen molar-refractivity contribution >= 4 is 28.3 Å². The van der Waals surface area contributed by atoms with Gasteiger partial charge in [0.2, 0.25) is 0 Å². The van der Waals surface area contributed by atoms with E-state index in [2.05, 4.69) is 15.1 Å². The van der Waals surface area contributed by atoms with Crippen LogP contribution < -0.4 is 5.56 Å². The molecule has 0 fully saturated rings. The van der Waals surface area contributed by atoms with Crippen molar-refractivity contribution in [3.8, 4) is 11.3 Å². The normalized spacial score (nSPS) is 11.4. The zero-order chi connectivity index (χ0) is 20.0. The fraction of sp³-hybridized carbons (Fsp3) is 0.0476. The van der Waals surface area contributed by atoms with Gasteiger partial charge in [-0.1, -0.05) is 48.0 Å². The highest BCUT2D eigenvalue weighted by Gasteiger charge is 2.19. The number of hydrogen-bond donors (Lipinski definition) is 0. The molecule has 5 aromatic rings. The van der Waals surface area contributed by atoms with Gasteiger partial charge >= 0.3 is 0 Å². The van der Waals surface area contributed by atoms with Crippen molar-refractivity contribution in [2.24, 2.45) is 0 Å². The van der Waals surface area contributed by atoms with Gasteiger partial charge in [0.1, 0.15) is 12.1 Å². The Morgan fingerprint density at radius 1 is 1.03 bits per heavy atom. The van der Waals surface area contributed by atoms with Crippen LogP contribution >= 0.6 is 11.6 Å². The number of pyridine rings is 1. The fourth-order valence-electron chi connectivity index (χ4n) is 3.40. The lowest BCUT2D eigenvalue weighted by atomic mass is 10.1. The van der Waals surface area contributed by atoms with Crippen LogP contribution in [0.25, 0.3) is 27.9 Å². The third kappa shape index (κ3) is 2.87. The van der Waals surface area contributed by atoms with E-state index in [1.54, 1.807) is 36.5 Å². The Hall–Kier alpha value is -3.58. The molecule has 29 heavy (non-hydrogen) atoms. The molecule has 0 bridgehead atoms. The number of nitrogens with zero attached hydrogens (tertiary/aromatic N) is 5. The second kappa shape index (κ2) is 6.79. The minimum Gasteiger partial charge on any atom is -0.310 e. The molecule has 0 spiro atoms. The summed E-state index contributed by atoms with van der Waals surface area (Å²) in [5.74, 6) is -0.00523. The van der Waals surface area contributed by atoms with Crippen LogP contribution in [0.3, 0.4) is 0 Å². The summed E-state index contributed by atoms with van der Waals surface area (Å²) in [6.07, 6.45) is 2.98. The number of halogens is 2. The molecule has 0 aliphatic heterocycles. The van der Waals surface area contributed by atoms with E-state index in [1.165, 1.54) is 21.5 Å². The highest BCUT2D eigenvalue weighted by molar-refractivity contribution is 6.33. The van der Waals surface area contributed by atoms with Crippen LogP contribution in [0.4, 0.5) is 4.39 Å². The quantitative estimate of drug-likeness (QED) is 0.456. The summed E-state index contributed by atoms with van der Waals surface area (Å²) in [4.78, 5) is 22.0. The molecule has 8 heteroatoms. The van der Waals surface area contributed by atoms with Gasteiger partial charge in [0.15, 0.2) is 0 Å². The first-order chi connectivity index (χ1) is 14.1. The van der Waals surface area contributed by atoms with E-state index in [0.29, 0.717) is 38.5 Å². The summed E-state index contributed by atoms with van der Waals surface area (Å²) in [5.41, 5.74) is 1.71. The molecule has 0 amide bonds. The molecule has 0 saturated carbocycles. The second-order valence-electron chi connectivity index (χ2n) is 6.51. The third-order valence-corrected chi connectivity index (χ3v) is 5.10. The van der Waals surface area contributed by atoms with Crippen molar-refractivity contribution in [3.05, 3.63) is 93.9 Å². The topological polar surface area (TPSA) is 65.1 Å². The molecule has 0 unspecified atom stereocenters. The average molecular weight is 406 g/mol. The Morgan fingerprint density at radius 2 is 1.83 bits per heavy atom. The van der Waals surface area contributed by atoms with Gasteiger partial charge in [-0.15, -0.1) is 0 Å². The Labute approximate surface area is 168 Å². The third-order valence-electron chi connectivity index (χ3n) is 4.77. The summed E-state index contributed by atoms with van der Waals surface area (Å²) in [6.45, 7) is 0.0960. The zero-order valence-electron chi connectivity index (χ0n) is 15.0. The Bertz CT molecular complexity index is 1440. The first kappa shape index (κ1) is 17.5. The summed E-state index contributed by atoms with van der Waals surface area (Å²) in [7, 11) is 0. The molecule has 0 N–H and O–H groups in total. The number of hydrogen-bond acceptors (Lipinski definition) is 4. The van der Waals surface area contributed by atoms with Crippen LogP contribution in [0.2, 0.25) is 5.02 Å². The predicted octanol–water partition coefficient (Wildman–Crippen LogP) is 3.95. The van der Waals surface area contributed by atoms with Crippen molar-refractivity contribution in [2.75, 3.05) is 0 Å². The van der Waals surface area contributed by atoms with E-state index < -0.39 is 0 Å². The molecule has 2 aromatic carbocycles. The Kier molecular flexibility index (Phi) is 4.10. The smallest absolute Gasteiger partial charge is 0.262 e. The molecule has 0 aliphatic rings. The molecule has 0 aliphatic carbocycles. The van der Waals surface area contributed by atoms with Crippen LogP contribution in [-0.2, 0) is 6.54 Å². The second-order valence-corrected chi connectivity index (χ2v) is 6.92. The average Bonchev–Trinajstić information content (AvgIpc) is 3.19. The van der Waals surface area contributed by atoms with Gasteiger partial charge in [-0.05, 0) is 18.2 Å². The van der Waals surface area contributed by atoms with Crippen molar-refractivity contribution in [3.63, 3.8) is 0 Å². The number of fused-ring (bicyclic) bond motifs is 2. The first-order valence-corrected chi connectivity index (χ1v) is 9.22. The summed E-state index contributed by atoms with van der Waals surface area (Å²) in [5, 5.41) is 5.05. The van der Waals surface area contributed by atoms with Gasteiger partial charge in [-0.2, -0.15) is 14.6 Å². The van der Waals surface area contributed by atoms with Gasteiger partial charge in [-0.25, -0.2) is 9.37 Å². The van der Waals surface area contributed by atoms with E-state index in [1.807, 2.05) is 18.2 Å². The SMILES string of the molecule is O=c1c2c(-c3ccccc3Cl)n3ncnc3nc2ccn1Cc1ccccc1F. The first-order valence-electron chi connectivity index (χ1n) is 8.84. The van der Waals surface area contributed by atoms with Gasteiger partial charge in [-0.3, -0.25) is 4.79 Å². The monoisotopic (exact) mass is 405 g/mol. The molecule has 6 nitrogen and oxygen atoms in total. The molecule has 3 heterocycles. The maximum atomic E-state index is 14.1. The molecule has 142 valence electrons. The van der Waals surface area contributed by atoms with Crippen molar-refractivity contribution in [1.29, 1.82) is 0 Å². The van der Waals surface area contributed by atoms with E-state index in [-0.39, 0.29) is 17.9 Å². The van der Waals surface area contributed by atoms with Crippen LogP contribution in [0.5, 0.6) is 0 Å². The van der Waals surface area contributed by atoms with Crippen molar-refractivity contribution in [1.82, 2.24) is 24.1 Å². The minimum absolute atomic E-state index is 0.0960. The summed E-state index contributed by atoms with van der Waals surface area (Å²) in [6, 6.07) is 15.3. The standard InChI is InChI=1S/C21H13ClFN5O/c22-15-7-3-2-6-14(15)19-18-17(26-21-24-12-25-28(19)21)9-10-27(20(18)29)11-13-5-1-4-8-16(13)23/h1-10,12H,11H2. The van der Waals surface area contributed by atoms with E-state index >= 15 is 0 Å². The lowest BCUT2D eigenvalue weighted by molar-refractivity contribution is 0.597. The van der Waals surface area contributed by atoms with E-state index in [4.69, 9.17) is 11.6 Å². The van der Waals surface area contributed by atoms with Gasteiger partial charge < -0.3 is 4.57 Å². The van der Waals surface area contributed by atoms with Crippen LogP contribution in [0, 0.1) is 5.82 Å². The number of benzene rings is 2. The summed E-state index contributed by atoms with van der Waals surface area (Å²) >= 11 is 6.43. The summed E-state index contributed by atoms with van der Waals surface area (Å²) < 4.78 is 17.1. The Morgan fingerprint density at radius 3 is 2.66 bits per heavy atom. The Balaban J connectivity index is 1.83. The number of aromatic nitrogens is 5. The minimum atomic E-state index is -0.365. The fourth-order valence-corrected chi connectivity index (χ4v) is 3.63. The van der Waals surface area contributed by atoms with Gasteiger partial charge in [0, 0.05) is 22.3 Å². The molecule has 5 rings (SSSR count). The van der Waals surface area contributed by atoms with Crippen LogP contribution in [0.1, 0.15) is 5.56 Å². The largest absolute Gasteiger partial charge is 0.310 e. The molecular weight excluding hydrogens is 393 g/mol. The van der Waals surface area contributed by atoms with Crippen molar-refractivity contribution < 1.29 is 4.39 Å². The van der Waals surface area contributed by atoms with E-state index in [0.717, 1.165) is 0 Å². The van der Waals surface area contributed by atoms with Gasteiger partial charge in [0.25, 0.3) is 11.3 Å². The highest BCUT2D eigenvalue weighted by atomic mass is 35.5. The van der Waals surface area contributed by atoms with Crippen molar-refractivity contribution in [2.45, 2.75) is 6.54 Å².